The molecule has 1 heteroatoms. The molecule has 0 unspecified atom stereocenters. The first-order valence-electron chi connectivity index (χ1n) is 5.80. The van der Waals surface area contributed by atoms with Crippen LogP contribution in [0.5, 0.6) is 0 Å². The van der Waals surface area contributed by atoms with Crippen molar-refractivity contribution in [2.75, 3.05) is 13.6 Å². The maximum atomic E-state index is 2.93. The van der Waals surface area contributed by atoms with Gasteiger partial charge in [-0.2, -0.15) is 0 Å². The van der Waals surface area contributed by atoms with Crippen molar-refractivity contribution in [3.63, 3.8) is 0 Å². The van der Waals surface area contributed by atoms with E-state index in [2.05, 4.69) is 53.8 Å². The van der Waals surface area contributed by atoms with E-state index >= 15 is 0 Å². The highest BCUT2D eigenvalue weighted by Crippen LogP contribution is 1.56. The Morgan fingerprint density at radius 3 is 0.692 bits per heavy atom. The van der Waals surface area contributed by atoms with Crippen LogP contribution in [0.2, 0.25) is 0 Å². The van der Waals surface area contributed by atoms with E-state index in [0.717, 1.165) is 6.54 Å². The summed E-state index contributed by atoms with van der Waals surface area (Å²) in [6.07, 6.45) is 3.75. The van der Waals surface area contributed by atoms with Gasteiger partial charge in [0.2, 0.25) is 0 Å². The van der Waals surface area contributed by atoms with E-state index in [0.29, 0.717) is 0 Å². The number of hydrogen-bond donors (Lipinski definition) is 1. The molecule has 0 radical (unpaired) electrons. The Morgan fingerprint density at radius 1 is 0.615 bits per heavy atom. The van der Waals surface area contributed by atoms with Crippen molar-refractivity contribution in [2.45, 2.75) is 67.7 Å². The average Bonchev–Trinajstić information content (AvgIpc) is 2.08. The SMILES string of the molecule is CCC.CCC.CCC.CCNC. The lowest BCUT2D eigenvalue weighted by Gasteiger charge is -1.76. The van der Waals surface area contributed by atoms with Gasteiger partial charge in [-0.15, -0.1) is 0 Å². The first-order chi connectivity index (χ1) is 6.16. The summed E-state index contributed by atoms with van der Waals surface area (Å²) < 4.78 is 0. The Bertz CT molecular complexity index is 21.6. The Morgan fingerprint density at radius 2 is 0.692 bits per heavy atom. The van der Waals surface area contributed by atoms with Crippen LogP contribution in [0.4, 0.5) is 0 Å². The summed E-state index contributed by atoms with van der Waals surface area (Å²) in [5, 5.41) is 2.93. The van der Waals surface area contributed by atoms with E-state index in [-0.39, 0.29) is 0 Å². The quantitative estimate of drug-likeness (QED) is 0.644. The van der Waals surface area contributed by atoms with E-state index in [1.165, 1.54) is 19.3 Å². The highest BCUT2D eigenvalue weighted by molar-refractivity contribution is 4.15. The number of hydrogen-bond acceptors (Lipinski definition) is 1. The number of rotatable bonds is 1. The van der Waals surface area contributed by atoms with Crippen LogP contribution >= 0.6 is 0 Å². The van der Waals surface area contributed by atoms with Crippen LogP contribution in [0.3, 0.4) is 0 Å². The van der Waals surface area contributed by atoms with Gasteiger partial charge in [-0.05, 0) is 13.6 Å². The molecule has 0 amide bonds. The van der Waals surface area contributed by atoms with Crippen LogP contribution in [0, 0.1) is 0 Å². The highest BCUT2D eigenvalue weighted by Gasteiger charge is 1.50. The largest absolute Gasteiger partial charge is 0.320 e. The molecule has 0 rings (SSSR count). The van der Waals surface area contributed by atoms with Gasteiger partial charge in [0.25, 0.3) is 0 Å². The predicted molar refractivity (Wildman–Crippen MR) is 67.5 cm³/mol. The van der Waals surface area contributed by atoms with Gasteiger partial charge in [0.15, 0.2) is 0 Å². The number of nitrogens with one attached hydrogen (secondary N) is 1. The fourth-order valence-corrected chi connectivity index (χ4v) is 0. The summed E-state index contributed by atoms with van der Waals surface area (Å²) >= 11 is 0. The first-order valence-corrected chi connectivity index (χ1v) is 5.80. The average molecular weight is 191 g/mol. The normalized spacial score (nSPS) is 6.46. The van der Waals surface area contributed by atoms with Crippen LogP contribution < -0.4 is 5.32 Å². The third kappa shape index (κ3) is 1290. The topological polar surface area (TPSA) is 12.0 Å². The van der Waals surface area contributed by atoms with Gasteiger partial charge >= 0.3 is 0 Å². The summed E-state index contributed by atoms with van der Waals surface area (Å²) in [6, 6.07) is 0. The molecule has 13 heavy (non-hydrogen) atoms. The minimum absolute atomic E-state index is 1.07. The molecular formula is C12H33N. The molecule has 0 aliphatic carbocycles. The Balaban J connectivity index is -0.0000000420. The third-order valence-corrected chi connectivity index (χ3v) is 0.354. The lowest BCUT2D eigenvalue weighted by Crippen LogP contribution is -2.01. The minimum atomic E-state index is 1.07. The standard InChI is InChI=1S/C3H9N.3C3H8/c1-3-4-2;3*1-3-2/h4H,3H2,1-2H3;3*3H2,1-2H3. The van der Waals surface area contributed by atoms with Crippen LogP contribution in [0.15, 0.2) is 0 Å². The fraction of sp³-hybridized carbons (Fsp3) is 1.00. The smallest absolute Gasteiger partial charge is 0.00804 e. The maximum Gasteiger partial charge on any atom is -0.00804 e. The van der Waals surface area contributed by atoms with Gasteiger partial charge in [-0.1, -0.05) is 67.7 Å². The van der Waals surface area contributed by atoms with Crippen LogP contribution in [0.1, 0.15) is 67.7 Å². The molecule has 0 bridgehead atoms. The highest BCUT2D eigenvalue weighted by atomic mass is 14.8. The summed E-state index contributed by atoms with van der Waals surface area (Å²) in [4.78, 5) is 0. The van der Waals surface area contributed by atoms with Gasteiger partial charge < -0.3 is 5.32 Å². The monoisotopic (exact) mass is 191 g/mol. The third-order valence-electron chi connectivity index (χ3n) is 0.354. The molecule has 0 aromatic heterocycles. The zero-order valence-corrected chi connectivity index (χ0v) is 11.3. The second kappa shape index (κ2) is 58.4. The first kappa shape index (κ1) is 23.1. The lowest BCUT2D eigenvalue weighted by molar-refractivity contribution is 0.864. The van der Waals surface area contributed by atoms with Crippen molar-refractivity contribution in [3.05, 3.63) is 0 Å². The summed E-state index contributed by atoms with van der Waals surface area (Å²) in [6.45, 7) is 15.9. The lowest BCUT2D eigenvalue weighted by atomic mass is 10.6. The van der Waals surface area contributed by atoms with Gasteiger partial charge in [0.1, 0.15) is 0 Å². The second-order valence-corrected chi connectivity index (χ2v) is 2.83. The molecule has 0 atom stereocenters. The molecule has 0 heterocycles. The van der Waals surface area contributed by atoms with Gasteiger partial charge in [-0.3, -0.25) is 0 Å². The van der Waals surface area contributed by atoms with Gasteiger partial charge in [0, 0.05) is 0 Å². The van der Waals surface area contributed by atoms with Crippen LogP contribution in [-0.4, -0.2) is 13.6 Å². The summed E-state index contributed by atoms with van der Waals surface area (Å²) in [5.74, 6) is 0. The van der Waals surface area contributed by atoms with E-state index in [9.17, 15) is 0 Å². The zero-order valence-electron chi connectivity index (χ0n) is 11.3. The molecule has 0 saturated heterocycles. The van der Waals surface area contributed by atoms with Crippen molar-refractivity contribution in [1.82, 2.24) is 5.32 Å². The van der Waals surface area contributed by atoms with E-state index < -0.39 is 0 Å². The fourth-order valence-electron chi connectivity index (χ4n) is 0. The van der Waals surface area contributed by atoms with Crippen molar-refractivity contribution < 1.29 is 0 Å². The molecule has 86 valence electrons. The minimum Gasteiger partial charge on any atom is -0.320 e. The Kier molecular flexibility index (Phi) is 104. The Labute approximate surface area is 87.3 Å². The zero-order chi connectivity index (χ0) is 11.5. The van der Waals surface area contributed by atoms with Crippen molar-refractivity contribution in [3.8, 4) is 0 Å². The second-order valence-electron chi connectivity index (χ2n) is 2.83. The summed E-state index contributed by atoms with van der Waals surface area (Å²) in [5.41, 5.74) is 0. The van der Waals surface area contributed by atoms with E-state index in [1.54, 1.807) is 0 Å². The van der Waals surface area contributed by atoms with Crippen LogP contribution in [-0.2, 0) is 0 Å². The molecule has 0 saturated carbocycles. The molecule has 0 aliphatic rings. The Hall–Kier alpha value is -0.0400. The molecule has 0 aromatic carbocycles. The van der Waals surface area contributed by atoms with Crippen molar-refractivity contribution >= 4 is 0 Å². The maximum absolute atomic E-state index is 2.93. The summed E-state index contributed by atoms with van der Waals surface area (Å²) in [7, 11) is 1.93. The molecule has 0 fully saturated rings. The van der Waals surface area contributed by atoms with Gasteiger partial charge in [-0.25, -0.2) is 0 Å². The molecule has 0 spiro atoms. The predicted octanol–water partition coefficient (Wildman–Crippen LogP) is 4.47. The van der Waals surface area contributed by atoms with Gasteiger partial charge in [0.05, 0.1) is 0 Å². The molecule has 0 aromatic rings. The van der Waals surface area contributed by atoms with Crippen molar-refractivity contribution in [2.24, 2.45) is 0 Å². The molecule has 0 aliphatic heterocycles. The van der Waals surface area contributed by atoms with Crippen molar-refractivity contribution in [1.29, 1.82) is 0 Å². The van der Waals surface area contributed by atoms with E-state index in [1.807, 2.05) is 7.05 Å². The molecular weight excluding hydrogens is 158 g/mol. The molecule has 1 N–H and O–H groups in total. The van der Waals surface area contributed by atoms with E-state index in [4.69, 9.17) is 0 Å². The van der Waals surface area contributed by atoms with Crippen LogP contribution in [0.25, 0.3) is 0 Å². The molecule has 1 nitrogen and oxygen atoms in total.